The number of hydrogen-bond donors (Lipinski definition) is 1. The Hall–Kier alpha value is -1.61. The summed E-state index contributed by atoms with van der Waals surface area (Å²) in [4.78, 5) is 11.3. The van der Waals surface area contributed by atoms with Crippen molar-refractivity contribution in [1.82, 2.24) is 5.32 Å². The highest BCUT2D eigenvalue weighted by Crippen LogP contribution is 2.28. The maximum Gasteiger partial charge on any atom is 0.336 e. The van der Waals surface area contributed by atoms with Crippen LogP contribution in [0, 0.1) is 0 Å². The van der Waals surface area contributed by atoms with Crippen LogP contribution in [0.25, 0.3) is 11.0 Å². The monoisotopic (exact) mass is 215 g/mol. The molecule has 3 nitrogen and oxygen atoms in total. The fraction of sp³-hybridized carbons (Fsp3) is 0.308. The number of rotatable bonds is 1. The second-order valence-corrected chi connectivity index (χ2v) is 4.17. The largest absolute Gasteiger partial charge is 0.422 e. The highest BCUT2D eigenvalue weighted by molar-refractivity contribution is 5.80. The van der Waals surface area contributed by atoms with Gasteiger partial charge in [-0.1, -0.05) is 18.2 Å². The molecular weight excluding hydrogens is 202 g/mol. The first-order valence-corrected chi connectivity index (χ1v) is 5.61. The van der Waals surface area contributed by atoms with E-state index in [-0.39, 0.29) is 5.63 Å². The van der Waals surface area contributed by atoms with Crippen molar-refractivity contribution in [3.05, 3.63) is 46.3 Å². The fourth-order valence-corrected chi connectivity index (χ4v) is 2.34. The number of benzene rings is 1. The van der Waals surface area contributed by atoms with Crippen LogP contribution in [0.5, 0.6) is 0 Å². The van der Waals surface area contributed by atoms with E-state index in [0.717, 1.165) is 29.5 Å². The molecule has 16 heavy (non-hydrogen) atoms. The second-order valence-electron chi connectivity index (χ2n) is 4.17. The van der Waals surface area contributed by atoms with Crippen LogP contribution in [-0.4, -0.2) is 6.54 Å². The van der Waals surface area contributed by atoms with Gasteiger partial charge in [-0.25, -0.2) is 4.79 Å². The molecule has 1 aliphatic heterocycles. The van der Waals surface area contributed by atoms with Gasteiger partial charge in [0.05, 0.1) is 0 Å². The molecule has 82 valence electrons. The molecule has 3 heteroatoms. The zero-order chi connectivity index (χ0) is 11.0. The van der Waals surface area contributed by atoms with Crippen molar-refractivity contribution in [1.29, 1.82) is 0 Å². The molecule has 0 bridgehead atoms. The Morgan fingerprint density at radius 3 is 3.00 bits per heavy atom. The molecule has 1 aromatic heterocycles. The van der Waals surface area contributed by atoms with E-state index >= 15 is 0 Å². The van der Waals surface area contributed by atoms with E-state index in [9.17, 15) is 4.79 Å². The summed E-state index contributed by atoms with van der Waals surface area (Å²) < 4.78 is 5.31. The lowest BCUT2D eigenvalue weighted by Gasteiger charge is -2.11. The highest BCUT2D eigenvalue weighted by atomic mass is 16.4. The predicted octanol–water partition coefficient (Wildman–Crippen LogP) is 2.22. The second kappa shape index (κ2) is 3.76. The summed E-state index contributed by atoms with van der Waals surface area (Å²) in [6.45, 7) is 1.04. The minimum Gasteiger partial charge on any atom is -0.422 e. The molecule has 3 rings (SSSR count). The lowest BCUT2D eigenvalue weighted by atomic mass is 10.0. The Bertz CT molecular complexity index is 567. The van der Waals surface area contributed by atoms with Crippen LogP contribution >= 0.6 is 0 Å². The van der Waals surface area contributed by atoms with Crippen LogP contribution in [0.15, 0.2) is 39.5 Å². The maximum atomic E-state index is 11.3. The lowest BCUT2D eigenvalue weighted by molar-refractivity contribution is 0.545. The molecule has 0 spiro atoms. The molecule has 1 atom stereocenters. The standard InChI is InChI=1S/C13H13NO2/c15-12-7-6-9-3-1-4-10(13(9)16-12)11-5-2-8-14-11/h1,3-4,6-7,11,14H,2,5,8H2. The molecule has 0 radical (unpaired) electrons. The molecule has 1 aromatic carbocycles. The molecule has 1 N–H and O–H groups in total. The average Bonchev–Trinajstić information content (AvgIpc) is 2.81. The Kier molecular flexibility index (Phi) is 2.26. The zero-order valence-electron chi connectivity index (χ0n) is 8.90. The van der Waals surface area contributed by atoms with E-state index < -0.39 is 0 Å². The van der Waals surface area contributed by atoms with Gasteiger partial charge in [0.15, 0.2) is 0 Å². The van der Waals surface area contributed by atoms with E-state index in [0.29, 0.717) is 6.04 Å². The van der Waals surface area contributed by atoms with Gasteiger partial charge in [-0.2, -0.15) is 0 Å². The maximum absolute atomic E-state index is 11.3. The first kappa shape index (κ1) is 9.60. The fourth-order valence-electron chi connectivity index (χ4n) is 2.34. The van der Waals surface area contributed by atoms with E-state index in [1.807, 2.05) is 24.3 Å². The molecule has 1 fully saturated rings. The third-order valence-electron chi connectivity index (χ3n) is 3.11. The summed E-state index contributed by atoms with van der Waals surface area (Å²) in [7, 11) is 0. The summed E-state index contributed by atoms with van der Waals surface area (Å²) in [5.74, 6) is 0. The normalized spacial score (nSPS) is 20.4. The molecule has 2 heterocycles. The Labute approximate surface area is 93.1 Å². The van der Waals surface area contributed by atoms with Crippen molar-refractivity contribution in [2.75, 3.05) is 6.54 Å². The van der Waals surface area contributed by atoms with Crippen molar-refractivity contribution >= 4 is 11.0 Å². The smallest absolute Gasteiger partial charge is 0.336 e. The molecule has 1 saturated heterocycles. The lowest BCUT2D eigenvalue weighted by Crippen LogP contribution is -2.13. The van der Waals surface area contributed by atoms with Crippen LogP contribution in [0.2, 0.25) is 0 Å². The first-order valence-electron chi connectivity index (χ1n) is 5.61. The molecule has 0 amide bonds. The SMILES string of the molecule is O=c1ccc2cccc(C3CCCN3)c2o1. The summed E-state index contributed by atoms with van der Waals surface area (Å²) in [5.41, 5.74) is 1.56. The summed E-state index contributed by atoms with van der Waals surface area (Å²) in [5, 5.41) is 4.41. The summed E-state index contributed by atoms with van der Waals surface area (Å²) >= 11 is 0. The average molecular weight is 215 g/mol. The van der Waals surface area contributed by atoms with E-state index in [1.54, 1.807) is 0 Å². The summed E-state index contributed by atoms with van der Waals surface area (Å²) in [6, 6.07) is 9.63. The molecule has 0 saturated carbocycles. The molecular formula is C13H13NO2. The van der Waals surface area contributed by atoms with Crippen LogP contribution in [-0.2, 0) is 0 Å². The minimum atomic E-state index is -0.280. The van der Waals surface area contributed by atoms with Gasteiger partial charge in [-0.05, 0) is 25.5 Å². The molecule has 1 unspecified atom stereocenters. The number of nitrogens with one attached hydrogen (secondary N) is 1. The van der Waals surface area contributed by atoms with Gasteiger partial charge in [0, 0.05) is 23.1 Å². The zero-order valence-corrected chi connectivity index (χ0v) is 8.90. The van der Waals surface area contributed by atoms with Gasteiger partial charge in [-0.3, -0.25) is 0 Å². The quantitative estimate of drug-likeness (QED) is 0.742. The van der Waals surface area contributed by atoms with Crippen LogP contribution in [0.4, 0.5) is 0 Å². The Morgan fingerprint density at radius 1 is 1.25 bits per heavy atom. The Morgan fingerprint density at radius 2 is 2.19 bits per heavy atom. The van der Waals surface area contributed by atoms with Crippen LogP contribution < -0.4 is 10.9 Å². The third kappa shape index (κ3) is 1.53. The van der Waals surface area contributed by atoms with Crippen molar-refractivity contribution in [3.63, 3.8) is 0 Å². The van der Waals surface area contributed by atoms with Gasteiger partial charge in [0.25, 0.3) is 0 Å². The number of fused-ring (bicyclic) bond motifs is 1. The number of para-hydroxylation sites is 1. The number of hydrogen-bond acceptors (Lipinski definition) is 3. The minimum absolute atomic E-state index is 0.280. The molecule has 2 aromatic rings. The van der Waals surface area contributed by atoms with Crippen molar-refractivity contribution in [2.24, 2.45) is 0 Å². The van der Waals surface area contributed by atoms with Crippen molar-refractivity contribution < 1.29 is 4.42 Å². The molecule has 1 aliphatic rings. The van der Waals surface area contributed by atoms with Gasteiger partial charge < -0.3 is 9.73 Å². The van der Waals surface area contributed by atoms with E-state index in [4.69, 9.17) is 4.42 Å². The van der Waals surface area contributed by atoms with Gasteiger partial charge in [0.2, 0.25) is 0 Å². The predicted molar refractivity (Wildman–Crippen MR) is 62.5 cm³/mol. The Balaban J connectivity index is 2.22. The van der Waals surface area contributed by atoms with Gasteiger partial charge in [-0.15, -0.1) is 0 Å². The van der Waals surface area contributed by atoms with E-state index in [1.165, 1.54) is 12.5 Å². The van der Waals surface area contributed by atoms with Gasteiger partial charge in [0.1, 0.15) is 5.58 Å². The topological polar surface area (TPSA) is 42.2 Å². The van der Waals surface area contributed by atoms with Crippen LogP contribution in [0.3, 0.4) is 0 Å². The third-order valence-corrected chi connectivity index (χ3v) is 3.11. The van der Waals surface area contributed by atoms with Crippen molar-refractivity contribution in [2.45, 2.75) is 18.9 Å². The van der Waals surface area contributed by atoms with Gasteiger partial charge >= 0.3 is 5.63 Å². The highest BCUT2D eigenvalue weighted by Gasteiger charge is 2.19. The summed E-state index contributed by atoms with van der Waals surface area (Å²) in [6.07, 6.45) is 2.29. The molecule has 0 aliphatic carbocycles. The van der Waals surface area contributed by atoms with E-state index in [2.05, 4.69) is 5.32 Å². The van der Waals surface area contributed by atoms with Crippen molar-refractivity contribution in [3.8, 4) is 0 Å². The van der Waals surface area contributed by atoms with Crippen LogP contribution in [0.1, 0.15) is 24.4 Å². The first-order chi connectivity index (χ1) is 7.84.